The zero-order valence-corrected chi connectivity index (χ0v) is 17.8. The second kappa shape index (κ2) is 11.2. The lowest BCUT2D eigenvalue weighted by Gasteiger charge is -2.09. The van der Waals surface area contributed by atoms with Crippen LogP contribution in [-0.4, -0.2) is 40.9 Å². The van der Waals surface area contributed by atoms with Crippen LogP contribution in [0.4, 0.5) is 0 Å². The van der Waals surface area contributed by atoms with E-state index in [4.69, 9.17) is 21.7 Å². The summed E-state index contributed by atoms with van der Waals surface area (Å²) in [5, 5.41) is 10.1. The molecule has 0 aliphatic carbocycles. The van der Waals surface area contributed by atoms with E-state index in [-0.39, 0.29) is 5.91 Å². The normalized spacial score (nSPS) is 10.6. The SMILES string of the molecule is COc1ccc(-c2n[nH]c(=S)n2CCC(=O)NCCCCOc2ccccc2)cc1. The molecule has 3 aromatic rings. The van der Waals surface area contributed by atoms with Gasteiger partial charge in [-0.25, -0.2) is 0 Å². The van der Waals surface area contributed by atoms with Crippen molar-refractivity contribution < 1.29 is 14.3 Å². The largest absolute Gasteiger partial charge is 0.497 e. The van der Waals surface area contributed by atoms with Crippen LogP contribution >= 0.6 is 12.2 Å². The Morgan fingerprint density at radius 1 is 1.10 bits per heavy atom. The van der Waals surface area contributed by atoms with Crippen molar-refractivity contribution in [1.82, 2.24) is 20.1 Å². The highest BCUT2D eigenvalue weighted by atomic mass is 32.1. The molecule has 0 atom stereocenters. The van der Waals surface area contributed by atoms with E-state index in [2.05, 4.69) is 15.5 Å². The number of aromatic nitrogens is 3. The van der Waals surface area contributed by atoms with Crippen LogP contribution in [0, 0.1) is 4.77 Å². The summed E-state index contributed by atoms with van der Waals surface area (Å²) in [6.07, 6.45) is 2.07. The minimum atomic E-state index is -0.0113. The van der Waals surface area contributed by atoms with E-state index in [1.54, 1.807) is 7.11 Å². The molecule has 0 aliphatic rings. The van der Waals surface area contributed by atoms with Gasteiger partial charge in [-0.1, -0.05) is 18.2 Å². The Kier molecular flexibility index (Phi) is 8.02. The number of amides is 1. The number of carbonyl (C=O) groups is 1. The van der Waals surface area contributed by atoms with Gasteiger partial charge in [0.1, 0.15) is 11.5 Å². The molecular formula is C22H26N4O3S. The van der Waals surface area contributed by atoms with Crippen molar-refractivity contribution in [2.75, 3.05) is 20.3 Å². The fraction of sp³-hybridized carbons (Fsp3) is 0.318. The molecule has 8 heteroatoms. The molecule has 7 nitrogen and oxygen atoms in total. The second-order valence-corrected chi connectivity index (χ2v) is 7.09. The number of H-pyrrole nitrogens is 1. The van der Waals surface area contributed by atoms with Crippen LogP contribution in [0.1, 0.15) is 19.3 Å². The molecule has 0 unspecified atom stereocenters. The maximum absolute atomic E-state index is 12.2. The first-order chi connectivity index (χ1) is 14.7. The van der Waals surface area contributed by atoms with Gasteiger partial charge < -0.3 is 14.8 Å². The molecule has 0 fully saturated rings. The lowest BCUT2D eigenvalue weighted by Crippen LogP contribution is -2.25. The van der Waals surface area contributed by atoms with E-state index < -0.39 is 0 Å². The predicted molar refractivity (Wildman–Crippen MR) is 118 cm³/mol. The smallest absolute Gasteiger partial charge is 0.221 e. The monoisotopic (exact) mass is 426 g/mol. The number of methoxy groups -OCH3 is 1. The molecule has 3 rings (SSSR count). The number of ether oxygens (including phenoxy) is 2. The van der Waals surface area contributed by atoms with Crippen molar-refractivity contribution in [3.63, 3.8) is 0 Å². The molecule has 1 heterocycles. The maximum Gasteiger partial charge on any atom is 0.221 e. The van der Waals surface area contributed by atoms with Crippen molar-refractivity contribution in [2.24, 2.45) is 0 Å². The summed E-state index contributed by atoms with van der Waals surface area (Å²) < 4.78 is 13.2. The number of unbranched alkanes of at least 4 members (excludes halogenated alkanes) is 1. The fourth-order valence-corrected chi connectivity index (χ4v) is 3.17. The molecule has 1 aromatic heterocycles. The standard InChI is InChI=1S/C22H26N4O3S/c1-28-18-11-9-17(10-12-18)21-24-25-22(30)26(21)15-13-20(27)23-14-5-6-16-29-19-7-3-2-4-8-19/h2-4,7-12H,5-6,13-16H2,1H3,(H,23,27)(H,25,30). The highest BCUT2D eigenvalue weighted by Gasteiger charge is 2.11. The highest BCUT2D eigenvalue weighted by Crippen LogP contribution is 2.21. The summed E-state index contributed by atoms with van der Waals surface area (Å²) in [6.45, 7) is 1.72. The van der Waals surface area contributed by atoms with Gasteiger partial charge in [-0.05, 0) is 61.5 Å². The number of benzene rings is 2. The van der Waals surface area contributed by atoms with Gasteiger partial charge in [0.15, 0.2) is 10.6 Å². The first-order valence-electron chi connectivity index (χ1n) is 9.91. The Balaban J connectivity index is 1.40. The van der Waals surface area contributed by atoms with Gasteiger partial charge in [-0.15, -0.1) is 0 Å². The third-order valence-electron chi connectivity index (χ3n) is 4.57. The first-order valence-corrected chi connectivity index (χ1v) is 10.3. The first kappa shape index (κ1) is 21.6. The van der Waals surface area contributed by atoms with E-state index in [0.717, 1.165) is 29.9 Å². The number of hydrogen-bond donors (Lipinski definition) is 2. The minimum absolute atomic E-state index is 0.0113. The molecular weight excluding hydrogens is 400 g/mol. The lowest BCUT2D eigenvalue weighted by molar-refractivity contribution is -0.121. The molecule has 0 saturated carbocycles. The van der Waals surface area contributed by atoms with Crippen molar-refractivity contribution in [2.45, 2.75) is 25.8 Å². The Morgan fingerprint density at radius 2 is 1.87 bits per heavy atom. The van der Waals surface area contributed by atoms with Crippen molar-refractivity contribution in [3.8, 4) is 22.9 Å². The van der Waals surface area contributed by atoms with Crippen LogP contribution in [0.25, 0.3) is 11.4 Å². The quantitative estimate of drug-likeness (QED) is 0.358. The Labute approximate surface area is 181 Å². The molecule has 158 valence electrons. The predicted octanol–water partition coefficient (Wildman–Crippen LogP) is 3.98. The van der Waals surface area contributed by atoms with Gasteiger partial charge in [0.25, 0.3) is 0 Å². The van der Waals surface area contributed by atoms with Gasteiger partial charge >= 0.3 is 0 Å². The molecule has 30 heavy (non-hydrogen) atoms. The van der Waals surface area contributed by atoms with Gasteiger partial charge in [0.2, 0.25) is 5.91 Å². The molecule has 0 aliphatic heterocycles. The zero-order valence-electron chi connectivity index (χ0n) is 17.0. The fourth-order valence-electron chi connectivity index (χ4n) is 2.95. The summed E-state index contributed by atoms with van der Waals surface area (Å²) >= 11 is 5.32. The van der Waals surface area contributed by atoms with Crippen LogP contribution in [0.3, 0.4) is 0 Å². The zero-order chi connectivity index (χ0) is 21.2. The molecule has 1 amide bonds. The number of hydrogen-bond acceptors (Lipinski definition) is 5. The molecule has 2 N–H and O–H groups in total. The average molecular weight is 427 g/mol. The van der Waals surface area contributed by atoms with E-state index in [1.807, 2.05) is 59.2 Å². The number of carbonyl (C=O) groups excluding carboxylic acids is 1. The number of rotatable bonds is 11. The number of aromatic amines is 1. The lowest BCUT2D eigenvalue weighted by atomic mass is 10.2. The minimum Gasteiger partial charge on any atom is -0.497 e. The molecule has 0 spiro atoms. The van der Waals surface area contributed by atoms with Crippen LogP contribution in [0.15, 0.2) is 54.6 Å². The van der Waals surface area contributed by atoms with Gasteiger partial charge in [0.05, 0.1) is 13.7 Å². The average Bonchev–Trinajstić information content (AvgIpc) is 3.15. The van der Waals surface area contributed by atoms with Crippen molar-refractivity contribution in [1.29, 1.82) is 0 Å². The van der Waals surface area contributed by atoms with E-state index >= 15 is 0 Å². The third kappa shape index (κ3) is 6.18. The Hall–Kier alpha value is -3.13. The van der Waals surface area contributed by atoms with Gasteiger partial charge in [0, 0.05) is 25.1 Å². The Morgan fingerprint density at radius 3 is 2.60 bits per heavy atom. The molecule has 2 aromatic carbocycles. The van der Waals surface area contributed by atoms with E-state index in [1.165, 1.54) is 0 Å². The highest BCUT2D eigenvalue weighted by molar-refractivity contribution is 7.71. The van der Waals surface area contributed by atoms with Crippen molar-refractivity contribution in [3.05, 3.63) is 59.4 Å². The summed E-state index contributed by atoms with van der Waals surface area (Å²) in [5.74, 6) is 2.33. The molecule has 0 radical (unpaired) electrons. The Bertz CT molecular complexity index is 984. The number of para-hydroxylation sites is 1. The summed E-state index contributed by atoms with van der Waals surface area (Å²) in [4.78, 5) is 12.2. The van der Waals surface area contributed by atoms with Crippen LogP contribution in [0.5, 0.6) is 11.5 Å². The molecule has 0 bridgehead atoms. The van der Waals surface area contributed by atoms with Crippen LogP contribution in [-0.2, 0) is 11.3 Å². The van der Waals surface area contributed by atoms with E-state index in [0.29, 0.717) is 36.7 Å². The number of nitrogens with one attached hydrogen (secondary N) is 2. The van der Waals surface area contributed by atoms with Gasteiger partial charge in [-0.3, -0.25) is 14.5 Å². The third-order valence-corrected chi connectivity index (χ3v) is 4.89. The van der Waals surface area contributed by atoms with Gasteiger partial charge in [-0.2, -0.15) is 5.10 Å². The topological polar surface area (TPSA) is 81.2 Å². The summed E-state index contributed by atoms with van der Waals surface area (Å²) in [7, 11) is 1.63. The summed E-state index contributed by atoms with van der Waals surface area (Å²) in [6, 6.07) is 17.3. The number of nitrogens with zero attached hydrogens (tertiary/aromatic N) is 2. The van der Waals surface area contributed by atoms with Crippen molar-refractivity contribution >= 4 is 18.1 Å². The summed E-state index contributed by atoms with van der Waals surface area (Å²) in [5.41, 5.74) is 0.905. The van der Waals surface area contributed by atoms with Crippen LogP contribution < -0.4 is 14.8 Å². The maximum atomic E-state index is 12.2. The van der Waals surface area contributed by atoms with E-state index in [9.17, 15) is 4.79 Å². The molecule has 0 saturated heterocycles. The second-order valence-electron chi connectivity index (χ2n) is 6.70. The van der Waals surface area contributed by atoms with Crippen LogP contribution in [0.2, 0.25) is 0 Å².